The molecule has 2 heteroatoms. The Morgan fingerprint density at radius 1 is 0.700 bits per heavy atom. The molecular formula is C18H14OP+. The van der Waals surface area contributed by atoms with Crippen LogP contribution < -0.4 is 0 Å². The maximum Gasteiger partial charge on any atom is 0.362 e. The maximum atomic E-state index is 13.0. The Labute approximate surface area is 119 Å². The summed E-state index contributed by atoms with van der Waals surface area (Å²) < 4.78 is 13.0. The Morgan fingerprint density at radius 3 is 1.65 bits per heavy atom. The van der Waals surface area contributed by atoms with Crippen molar-refractivity contribution in [3.8, 4) is 0 Å². The van der Waals surface area contributed by atoms with Gasteiger partial charge < -0.3 is 0 Å². The van der Waals surface area contributed by atoms with Gasteiger partial charge in [0.2, 0.25) is 11.3 Å². The van der Waals surface area contributed by atoms with Gasteiger partial charge in [-0.3, -0.25) is 0 Å². The fourth-order valence-electron chi connectivity index (χ4n) is 3.08. The van der Waals surface area contributed by atoms with Gasteiger partial charge in [-0.25, -0.2) is 0 Å². The summed E-state index contributed by atoms with van der Waals surface area (Å²) in [6.45, 7) is 0. The molecule has 0 fully saturated rings. The number of fused-ring (bicyclic) bond motifs is 2. The first kappa shape index (κ1) is 11.8. The summed E-state index contributed by atoms with van der Waals surface area (Å²) in [4.78, 5) is 0. The van der Waals surface area contributed by atoms with Crippen LogP contribution in [-0.4, -0.2) is 0 Å². The minimum atomic E-state index is -1.38. The third-order valence-electron chi connectivity index (χ3n) is 4.09. The molecule has 1 nitrogen and oxygen atoms in total. The van der Waals surface area contributed by atoms with Gasteiger partial charge in [-0.15, -0.1) is 0 Å². The average molecular weight is 277 g/mol. The first-order valence-electron chi connectivity index (χ1n) is 6.84. The minimum absolute atomic E-state index is 0.0435. The lowest BCUT2D eigenvalue weighted by atomic mass is 10.1. The van der Waals surface area contributed by atoms with Crippen molar-refractivity contribution in [2.24, 2.45) is 0 Å². The van der Waals surface area contributed by atoms with Crippen LogP contribution in [0.25, 0.3) is 12.2 Å². The van der Waals surface area contributed by atoms with Crippen LogP contribution in [0.5, 0.6) is 0 Å². The van der Waals surface area contributed by atoms with E-state index < -0.39 is 7.80 Å². The van der Waals surface area contributed by atoms with Gasteiger partial charge in [0, 0.05) is 11.1 Å². The molecule has 2 atom stereocenters. The van der Waals surface area contributed by atoms with E-state index in [1.54, 1.807) is 0 Å². The second-order valence-electron chi connectivity index (χ2n) is 5.23. The smallest absolute Gasteiger partial charge is 0.0726 e. The van der Waals surface area contributed by atoms with Crippen molar-refractivity contribution in [1.29, 1.82) is 0 Å². The Bertz CT molecular complexity index is 694. The van der Waals surface area contributed by atoms with Gasteiger partial charge in [0.1, 0.15) is 0 Å². The molecule has 2 unspecified atom stereocenters. The topological polar surface area (TPSA) is 17.1 Å². The molecule has 0 bridgehead atoms. The maximum absolute atomic E-state index is 13.0. The molecular weight excluding hydrogens is 263 g/mol. The normalized spacial score (nSPS) is 22.7. The lowest BCUT2D eigenvalue weighted by Crippen LogP contribution is -1.94. The molecule has 0 aliphatic heterocycles. The first-order chi connectivity index (χ1) is 9.84. The van der Waals surface area contributed by atoms with Gasteiger partial charge in [0.25, 0.3) is 0 Å². The van der Waals surface area contributed by atoms with Crippen molar-refractivity contribution in [2.45, 2.75) is 11.3 Å². The number of allylic oxidation sites excluding steroid dienone is 2. The van der Waals surface area contributed by atoms with E-state index in [9.17, 15) is 4.57 Å². The largest absolute Gasteiger partial charge is 0.362 e. The van der Waals surface area contributed by atoms with E-state index in [0.717, 1.165) is 0 Å². The van der Waals surface area contributed by atoms with Gasteiger partial charge in [-0.2, -0.15) is 0 Å². The summed E-state index contributed by atoms with van der Waals surface area (Å²) in [6, 6.07) is 16.5. The Morgan fingerprint density at radius 2 is 1.15 bits per heavy atom. The average Bonchev–Trinajstić information content (AvgIpc) is 3.11. The molecule has 2 aliphatic rings. The molecule has 2 aromatic carbocycles. The highest BCUT2D eigenvalue weighted by molar-refractivity contribution is 7.46. The van der Waals surface area contributed by atoms with Crippen LogP contribution in [0.15, 0.2) is 60.7 Å². The Hall–Kier alpha value is -1.98. The van der Waals surface area contributed by atoms with Gasteiger partial charge in [0.15, 0.2) is 0 Å². The SMILES string of the molecule is O=[P+](C1C=Cc2ccccc21)C1C=Cc2ccccc21. The molecule has 0 amide bonds. The second kappa shape index (κ2) is 4.54. The number of rotatable bonds is 2. The van der Waals surface area contributed by atoms with Crippen LogP contribution in [0.4, 0.5) is 0 Å². The lowest BCUT2D eigenvalue weighted by Gasteiger charge is -2.06. The summed E-state index contributed by atoms with van der Waals surface area (Å²) >= 11 is 0. The molecule has 0 N–H and O–H groups in total. The standard InChI is InChI=1S/C18H14OP/c19-20(17-11-9-13-5-1-3-7-15(13)17)18-12-10-14-6-2-4-8-16(14)18/h1-12,17-18H/q+1. The van der Waals surface area contributed by atoms with E-state index in [2.05, 4.69) is 48.6 Å². The fourth-order valence-corrected chi connectivity index (χ4v) is 4.95. The highest BCUT2D eigenvalue weighted by atomic mass is 31.1. The zero-order valence-electron chi connectivity index (χ0n) is 10.9. The van der Waals surface area contributed by atoms with E-state index in [1.165, 1.54) is 22.3 Å². The van der Waals surface area contributed by atoms with Crippen molar-refractivity contribution >= 4 is 20.0 Å². The summed E-state index contributed by atoms with van der Waals surface area (Å²) in [5, 5.41) is 0. The zero-order chi connectivity index (χ0) is 13.5. The van der Waals surface area contributed by atoms with Crippen LogP contribution in [0.3, 0.4) is 0 Å². The molecule has 2 aromatic rings. The van der Waals surface area contributed by atoms with Crippen LogP contribution in [0, 0.1) is 0 Å². The summed E-state index contributed by atoms with van der Waals surface area (Å²) in [5.74, 6) is 0. The quantitative estimate of drug-likeness (QED) is 0.676. The van der Waals surface area contributed by atoms with Crippen molar-refractivity contribution in [3.63, 3.8) is 0 Å². The third kappa shape index (κ3) is 1.71. The van der Waals surface area contributed by atoms with E-state index >= 15 is 0 Å². The fraction of sp³-hybridized carbons (Fsp3) is 0.111. The number of hydrogen-bond acceptors (Lipinski definition) is 1. The first-order valence-corrected chi connectivity index (χ1v) is 8.24. The summed E-state index contributed by atoms with van der Waals surface area (Å²) in [7, 11) is -1.38. The van der Waals surface area contributed by atoms with Gasteiger partial charge in [-0.05, 0) is 23.3 Å². The monoisotopic (exact) mass is 277 g/mol. The van der Waals surface area contributed by atoms with Crippen LogP contribution in [0.2, 0.25) is 0 Å². The molecule has 0 radical (unpaired) electrons. The molecule has 20 heavy (non-hydrogen) atoms. The predicted molar refractivity (Wildman–Crippen MR) is 84.0 cm³/mol. The van der Waals surface area contributed by atoms with E-state index in [0.29, 0.717) is 0 Å². The molecule has 2 aliphatic carbocycles. The van der Waals surface area contributed by atoms with Crippen molar-refractivity contribution in [1.82, 2.24) is 0 Å². The summed E-state index contributed by atoms with van der Waals surface area (Å²) in [5.41, 5.74) is 4.90. The van der Waals surface area contributed by atoms with Crippen LogP contribution in [-0.2, 0) is 4.57 Å². The zero-order valence-corrected chi connectivity index (χ0v) is 11.8. The lowest BCUT2D eigenvalue weighted by molar-refractivity contribution is 0.581. The molecule has 4 rings (SSSR count). The molecule has 0 saturated heterocycles. The molecule has 0 spiro atoms. The van der Waals surface area contributed by atoms with Gasteiger partial charge >= 0.3 is 7.80 Å². The molecule has 96 valence electrons. The Kier molecular flexibility index (Phi) is 2.68. The van der Waals surface area contributed by atoms with Crippen molar-refractivity contribution in [3.05, 3.63) is 82.9 Å². The predicted octanol–water partition coefficient (Wildman–Crippen LogP) is 5.35. The van der Waals surface area contributed by atoms with Crippen LogP contribution >= 0.6 is 7.80 Å². The van der Waals surface area contributed by atoms with Crippen molar-refractivity contribution in [2.75, 3.05) is 0 Å². The number of benzene rings is 2. The van der Waals surface area contributed by atoms with E-state index in [4.69, 9.17) is 0 Å². The third-order valence-corrected chi connectivity index (χ3v) is 6.09. The van der Waals surface area contributed by atoms with E-state index in [1.807, 2.05) is 24.3 Å². The van der Waals surface area contributed by atoms with Gasteiger partial charge in [0.05, 0.1) is 0 Å². The minimum Gasteiger partial charge on any atom is -0.0726 e. The van der Waals surface area contributed by atoms with Gasteiger partial charge in [-0.1, -0.05) is 65.2 Å². The molecule has 0 aromatic heterocycles. The molecule has 0 heterocycles. The van der Waals surface area contributed by atoms with E-state index in [-0.39, 0.29) is 11.3 Å². The molecule has 0 saturated carbocycles. The second-order valence-corrected chi connectivity index (χ2v) is 7.06. The highest BCUT2D eigenvalue weighted by Gasteiger charge is 2.42. The highest BCUT2D eigenvalue weighted by Crippen LogP contribution is 2.58. The summed E-state index contributed by atoms with van der Waals surface area (Å²) in [6.07, 6.45) is 8.38. The van der Waals surface area contributed by atoms with Crippen LogP contribution in [0.1, 0.15) is 33.6 Å². The number of hydrogen-bond donors (Lipinski definition) is 0. The Balaban J connectivity index is 1.71. The van der Waals surface area contributed by atoms with Crippen molar-refractivity contribution < 1.29 is 4.57 Å².